The number of rotatable bonds is 4. The summed E-state index contributed by atoms with van der Waals surface area (Å²) in [6.07, 6.45) is 5.81. The second kappa shape index (κ2) is 6.12. The first kappa shape index (κ1) is 15.4. The van der Waals surface area contributed by atoms with Crippen molar-refractivity contribution in [1.29, 1.82) is 0 Å². The first-order valence-corrected chi connectivity index (χ1v) is 9.01. The van der Waals surface area contributed by atoms with E-state index in [4.69, 9.17) is 9.26 Å². The van der Waals surface area contributed by atoms with Crippen LogP contribution < -0.4 is 9.64 Å². The molecule has 0 spiro atoms. The number of aromatic nitrogens is 3. The maximum absolute atomic E-state index is 5.43. The number of hydrogen-bond acceptors (Lipinski definition) is 6. The van der Waals surface area contributed by atoms with E-state index >= 15 is 0 Å². The number of fused-ring (bicyclic) bond motifs is 2. The summed E-state index contributed by atoms with van der Waals surface area (Å²) in [5.41, 5.74) is 1.73. The Labute approximate surface area is 151 Å². The second-order valence-electron chi connectivity index (χ2n) is 7.04. The van der Waals surface area contributed by atoms with Gasteiger partial charge in [0, 0.05) is 24.3 Å². The summed E-state index contributed by atoms with van der Waals surface area (Å²) >= 11 is 0. The Morgan fingerprint density at radius 2 is 1.92 bits per heavy atom. The number of pyridine rings is 1. The summed E-state index contributed by atoms with van der Waals surface area (Å²) in [5, 5.41) is 4.08. The van der Waals surface area contributed by atoms with Gasteiger partial charge in [-0.15, -0.1) is 0 Å². The molecule has 0 unspecified atom stereocenters. The zero-order valence-electron chi connectivity index (χ0n) is 14.6. The molecule has 6 nitrogen and oxygen atoms in total. The average Bonchev–Trinajstić information content (AvgIpc) is 3.45. The van der Waals surface area contributed by atoms with E-state index in [9.17, 15) is 0 Å². The molecule has 1 aliphatic heterocycles. The molecule has 1 saturated heterocycles. The van der Waals surface area contributed by atoms with Crippen LogP contribution in [0.4, 0.5) is 5.82 Å². The van der Waals surface area contributed by atoms with Crippen molar-refractivity contribution in [3.8, 4) is 28.6 Å². The van der Waals surface area contributed by atoms with Gasteiger partial charge < -0.3 is 14.2 Å². The van der Waals surface area contributed by atoms with Crippen molar-refractivity contribution in [1.82, 2.24) is 15.1 Å². The molecule has 1 aromatic carbocycles. The molecule has 2 fully saturated rings. The Kier molecular flexibility index (Phi) is 3.62. The van der Waals surface area contributed by atoms with Gasteiger partial charge in [-0.25, -0.2) is 4.98 Å². The molecule has 6 heteroatoms. The SMILES string of the molecule is COc1ccc(-c2noc(-c3ccc(N4C[C@@H]5CC[C@@H]4C5)nc3)n2)cc1. The van der Waals surface area contributed by atoms with Gasteiger partial charge in [0.15, 0.2) is 0 Å². The molecule has 3 heterocycles. The highest BCUT2D eigenvalue weighted by atomic mass is 16.5. The molecule has 0 amide bonds. The molecule has 132 valence electrons. The number of nitrogens with zero attached hydrogens (tertiary/aromatic N) is 4. The van der Waals surface area contributed by atoms with Gasteiger partial charge in [-0.2, -0.15) is 4.98 Å². The predicted octanol–water partition coefficient (Wildman–Crippen LogP) is 3.80. The van der Waals surface area contributed by atoms with Gasteiger partial charge in [0.25, 0.3) is 5.89 Å². The number of ether oxygens (including phenoxy) is 1. The maximum Gasteiger partial charge on any atom is 0.259 e. The lowest BCUT2D eigenvalue weighted by atomic mass is 10.1. The Bertz CT molecular complexity index is 904. The lowest BCUT2D eigenvalue weighted by Crippen LogP contribution is -2.32. The fraction of sp³-hybridized carbons (Fsp3) is 0.350. The average molecular weight is 348 g/mol. The Morgan fingerprint density at radius 1 is 1.08 bits per heavy atom. The summed E-state index contributed by atoms with van der Waals surface area (Å²) < 4.78 is 10.6. The monoisotopic (exact) mass is 348 g/mol. The molecule has 2 aromatic heterocycles. The minimum atomic E-state index is 0.484. The Morgan fingerprint density at radius 3 is 2.58 bits per heavy atom. The normalized spacial score (nSPS) is 21.3. The Hall–Kier alpha value is -2.89. The van der Waals surface area contributed by atoms with E-state index in [1.54, 1.807) is 7.11 Å². The lowest BCUT2D eigenvalue weighted by Gasteiger charge is -2.27. The smallest absolute Gasteiger partial charge is 0.259 e. The van der Waals surface area contributed by atoms with Crippen molar-refractivity contribution in [3.63, 3.8) is 0 Å². The van der Waals surface area contributed by atoms with Crippen LogP contribution in [0.1, 0.15) is 19.3 Å². The highest BCUT2D eigenvalue weighted by molar-refractivity contribution is 5.61. The largest absolute Gasteiger partial charge is 0.497 e. The fourth-order valence-corrected chi connectivity index (χ4v) is 4.09. The van der Waals surface area contributed by atoms with E-state index in [1.165, 1.54) is 19.3 Å². The van der Waals surface area contributed by atoms with Crippen molar-refractivity contribution < 1.29 is 9.26 Å². The van der Waals surface area contributed by atoms with Gasteiger partial charge >= 0.3 is 0 Å². The van der Waals surface area contributed by atoms with Crippen LogP contribution >= 0.6 is 0 Å². The first-order valence-electron chi connectivity index (χ1n) is 9.01. The maximum atomic E-state index is 5.43. The molecule has 0 radical (unpaired) electrons. The van der Waals surface area contributed by atoms with E-state index in [-0.39, 0.29) is 0 Å². The topological polar surface area (TPSA) is 64.3 Å². The quantitative estimate of drug-likeness (QED) is 0.715. The summed E-state index contributed by atoms with van der Waals surface area (Å²) in [5.74, 6) is 3.74. The third-order valence-electron chi connectivity index (χ3n) is 5.47. The van der Waals surface area contributed by atoms with Crippen LogP contribution in [-0.4, -0.2) is 34.8 Å². The number of hydrogen-bond donors (Lipinski definition) is 0. The van der Waals surface area contributed by atoms with E-state index in [2.05, 4.69) is 26.1 Å². The molecular formula is C20H20N4O2. The van der Waals surface area contributed by atoms with Crippen LogP contribution in [0.25, 0.3) is 22.8 Å². The summed E-state index contributed by atoms with van der Waals surface area (Å²) in [4.78, 5) is 11.6. The fourth-order valence-electron chi connectivity index (χ4n) is 4.09. The van der Waals surface area contributed by atoms with Crippen LogP contribution in [0.2, 0.25) is 0 Å². The molecule has 2 bridgehead atoms. The van der Waals surface area contributed by atoms with Crippen LogP contribution in [0.3, 0.4) is 0 Å². The summed E-state index contributed by atoms with van der Waals surface area (Å²) in [6.45, 7) is 1.14. The number of methoxy groups -OCH3 is 1. The van der Waals surface area contributed by atoms with Crippen LogP contribution in [-0.2, 0) is 0 Å². The minimum Gasteiger partial charge on any atom is -0.497 e. The van der Waals surface area contributed by atoms with Gasteiger partial charge in [0.1, 0.15) is 11.6 Å². The molecule has 3 aromatic rings. The highest BCUT2D eigenvalue weighted by Crippen LogP contribution is 2.39. The number of benzene rings is 1. The van der Waals surface area contributed by atoms with Crippen molar-refractivity contribution in [2.45, 2.75) is 25.3 Å². The summed E-state index contributed by atoms with van der Waals surface area (Å²) in [6, 6.07) is 12.3. The van der Waals surface area contributed by atoms with E-state index in [0.717, 1.165) is 35.2 Å². The molecule has 0 N–H and O–H groups in total. The first-order chi connectivity index (χ1) is 12.8. The Balaban J connectivity index is 1.36. The molecule has 2 atom stereocenters. The zero-order valence-corrected chi connectivity index (χ0v) is 14.6. The van der Waals surface area contributed by atoms with Crippen molar-refractivity contribution >= 4 is 5.82 Å². The third-order valence-corrected chi connectivity index (χ3v) is 5.47. The third kappa shape index (κ3) is 2.62. The summed E-state index contributed by atoms with van der Waals surface area (Å²) in [7, 11) is 1.64. The van der Waals surface area contributed by atoms with Crippen LogP contribution in [0, 0.1) is 5.92 Å². The van der Waals surface area contributed by atoms with Crippen LogP contribution in [0.5, 0.6) is 5.75 Å². The molecule has 26 heavy (non-hydrogen) atoms. The van der Waals surface area contributed by atoms with Gasteiger partial charge in [-0.05, 0) is 61.6 Å². The van der Waals surface area contributed by atoms with E-state index in [1.807, 2.05) is 36.5 Å². The predicted molar refractivity (Wildman–Crippen MR) is 98.0 cm³/mol. The molecule has 5 rings (SSSR count). The minimum absolute atomic E-state index is 0.484. The van der Waals surface area contributed by atoms with E-state index in [0.29, 0.717) is 17.8 Å². The lowest BCUT2D eigenvalue weighted by molar-refractivity contribution is 0.415. The van der Waals surface area contributed by atoms with Gasteiger partial charge in [0.2, 0.25) is 5.82 Å². The van der Waals surface area contributed by atoms with Gasteiger partial charge in [-0.1, -0.05) is 5.16 Å². The number of piperidine rings is 1. The molecule has 1 saturated carbocycles. The zero-order chi connectivity index (χ0) is 17.5. The van der Waals surface area contributed by atoms with E-state index < -0.39 is 0 Å². The van der Waals surface area contributed by atoms with Gasteiger partial charge in [0.05, 0.1) is 12.7 Å². The van der Waals surface area contributed by atoms with Crippen molar-refractivity contribution in [2.24, 2.45) is 5.92 Å². The van der Waals surface area contributed by atoms with Crippen molar-refractivity contribution in [2.75, 3.05) is 18.6 Å². The standard InChI is InChI=1S/C20H20N4O2/c1-25-17-7-3-14(4-8-17)19-22-20(26-23-19)15-5-9-18(21-11-15)24-12-13-2-6-16(24)10-13/h3-5,7-9,11,13,16H,2,6,10,12H2,1H3/t13-,16-/m1/s1. The van der Waals surface area contributed by atoms with Crippen molar-refractivity contribution in [3.05, 3.63) is 42.6 Å². The molecule has 1 aliphatic carbocycles. The van der Waals surface area contributed by atoms with Crippen LogP contribution in [0.15, 0.2) is 47.1 Å². The molecular weight excluding hydrogens is 328 g/mol. The molecule has 2 aliphatic rings. The second-order valence-corrected chi connectivity index (χ2v) is 7.04. The number of anilines is 1. The highest BCUT2D eigenvalue weighted by Gasteiger charge is 2.38. The van der Waals surface area contributed by atoms with Gasteiger partial charge in [-0.3, -0.25) is 0 Å².